The Morgan fingerprint density at radius 3 is 2.52 bits per heavy atom. The third kappa shape index (κ3) is 4.64. The van der Waals surface area contributed by atoms with E-state index in [2.05, 4.69) is 43.7 Å². The minimum Gasteiger partial charge on any atom is -0.362 e. The van der Waals surface area contributed by atoms with Crippen molar-refractivity contribution in [2.75, 3.05) is 11.9 Å². The number of pyridine rings is 1. The molecule has 0 unspecified atom stereocenters. The summed E-state index contributed by atoms with van der Waals surface area (Å²) in [7, 11) is 0. The van der Waals surface area contributed by atoms with E-state index in [-0.39, 0.29) is 5.41 Å². The molecule has 1 heterocycles. The van der Waals surface area contributed by atoms with Crippen LogP contribution in [0.5, 0.6) is 0 Å². The SMILES string of the molecule is S=C(NCC1(c2ccc(Cl)cc2)CCCC1)Nc1ncc(Br)cc1Cl. The normalized spacial score (nSPS) is 15.8. The molecule has 0 saturated heterocycles. The number of benzene rings is 1. The summed E-state index contributed by atoms with van der Waals surface area (Å²) in [6.45, 7) is 0.772. The number of nitrogens with zero attached hydrogens (tertiary/aromatic N) is 1. The highest BCUT2D eigenvalue weighted by Gasteiger charge is 2.35. The maximum Gasteiger partial charge on any atom is 0.172 e. The molecule has 1 aromatic heterocycles. The zero-order valence-electron chi connectivity index (χ0n) is 13.5. The second kappa shape index (κ2) is 8.21. The Morgan fingerprint density at radius 1 is 1.20 bits per heavy atom. The molecule has 0 bridgehead atoms. The molecule has 0 atom stereocenters. The van der Waals surface area contributed by atoms with Gasteiger partial charge in [0.05, 0.1) is 5.02 Å². The number of rotatable bonds is 4. The molecule has 1 aliphatic rings. The van der Waals surface area contributed by atoms with E-state index in [0.717, 1.165) is 28.9 Å². The molecule has 0 spiro atoms. The number of hydrogen-bond donors (Lipinski definition) is 2. The number of thiocarbonyl (C=S) groups is 1. The summed E-state index contributed by atoms with van der Waals surface area (Å²) in [5.41, 5.74) is 1.40. The van der Waals surface area contributed by atoms with Crippen LogP contribution in [0.15, 0.2) is 41.0 Å². The van der Waals surface area contributed by atoms with Gasteiger partial charge in [0.25, 0.3) is 0 Å². The van der Waals surface area contributed by atoms with Gasteiger partial charge in [0, 0.05) is 27.7 Å². The van der Waals surface area contributed by atoms with Crippen LogP contribution in [0.1, 0.15) is 31.2 Å². The smallest absolute Gasteiger partial charge is 0.172 e. The number of nitrogens with one attached hydrogen (secondary N) is 2. The highest BCUT2D eigenvalue weighted by molar-refractivity contribution is 9.10. The topological polar surface area (TPSA) is 37.0 Å². The Hall–Kier alpha value is -0.880. The van der Waals surface area contributed by atoms with Crippen molar-refractivity contribution in [2.24, 2.45) is 0 Å². The first-order chi connectivity index (χ1) is 12.0. The third-order valence-corrected chi connectivity index (χ3v) is 5.86. The predicted molar refractivity (Wildman–Crippen MR) is 113 cm³/mol. The highest BCUT2D eigenvalue weighted by Crippen LogP contribution is 2.41. The molecular formula is C18H18BrCl2N3S. The highest BCUT2D eigenvalue weighted by atomic mass is 79.9. The van der Waals surface area contributed by atoms with Crippen LogP contribution < -0.4 is 10.6 Å². The minimum absolute atomic E-state index is 0.0905. The maximum atomic E-state index is 6.18. The largest absolute Gasteiger partial charge is 0.362 e. The van der Waals surface area contributed by atoms with Crippen molar-refractivity contribution in [3.8, 4) is 0 Å². The summed E-state index contributed by atoms with van der Waals surface area (Å²) in [4.78, 5) is 4.25. The fourth-order valence-corrected chi connectivity index (χ4v) is 4.30. The van der Waals surface area contributed by atoms with E-state index >= 15 is 0 Å². The van der Waals surface area contributed by atoms with E-state index in [0.29, 0.717) is 16.0 Å². The van der Waals surface area contributed by atoms with Gasteiger partial charge in [0.15, 0.2) is 10.9 Å². The lowest BCUT2D eigenvalue weighted by Gasteiger charge is -2.30. The summed E-state index contributed by atoms with van der Waals surface area (Å²) in [6, 6.07) is 9.95. The summed E-state index contributed by atoms with van der Waals surface area (Å²) in [6.07, 6.45) is 6.42. The van der Waals surface area contributed by atoms with Crippen molar-refractivity contribution in [1.29, 1.82) is 0 Å². The number of aromatic nitrogens is 1. The molecule has 2 aromatic rings. The van der Waals surface area contributed by atoms with Gasteiger partial charge in [-0.05, 0) is 64.8 Å². The molecule has 1 aliphatic carbocycles. The first kappa shape index (κ1) is 18.9. The average molecular weight is 459 g/mol. The van der Waals surface area contributed by atoms with E-state index in [1.807, 2.05) is 12.1 Å². The Kier molecular flexibility index (Phi) is 6.21. The van der Waals surface area contributed by atoms with E-state index in [9.17, 15) is 0 Å². The molecule has 1 aromatic carbocycles. The molecule has 3 rings (SSSR count). The molecule has 1 saturated carbocycles. The quantitative estimate of drug-likeness (QED) is 0.555. The van der Waals surface area contributed by atoms with Crippen molar-refractivity contribution >= 4 is 62.3 Å². The molecule has 1 fully saturated rings. The van der Waals surface area contributed by atoms with Crippen LogP contribution >= 0.6 is 51.3 Å². The van der Waals surface area contributed by atoms with Crippen molar-refractivity contribution in [3.63, 3.8) is 0 Å². The van der Waals surface area contributed by atoms with Crippen LogP contribution in [0.2, 0.25) is 10.0 Å². The summed E-state index contributed by atoms with van der Waals surface area (Å²) in [5, 5.41) is 8.23. The first-order valence-electron chi connectivity index (χ1n) is 8.10. The van der Waals surface area contributed by atoms with Gasteiger partial charge in [-0.3, -0.25) is 0 Å². The van der Waals surface area contributed by atoms with Gasteiger partial charge >= 0.3 is 0 Å². The van der Waals surface area contributed by atoms with Gasteiger partial charge in [-0.1, -0.05) is 48.2 Å². The Labute approximate surface area is 171 Å². The van der Waals surface area contributed by atoms with E-state index in [1.165, 1.54) is 18.4 Å². The Bertz CT molecular complexity index is 761. The second-order valence-corrected chi connectivity index (χ2v) is 8.45. The van der Waals surface area contributed by atoms with Crippen molar-refractivity contribution in [2.45, 2.75) is 31.1 Å². The van der Waals surface area contributed by atoms with Gasteiger partial charge in [-0.25, -0.2) is 4.98 Å². The molecule has 0 amide bonds. The van der Waals surface area contributed by atoms with Crippen LogP contribution in [-0.2, 0) is 5.41 Å². The Balaban J connectivity index is 1.67. The number of hydrogen-bond acceptors (Lipinski definition) is 2. The fourth-order valence-electron chi connectivity index (χ4n) is 3.33. The van der Waals surface area contributed by atoms with E-state index in [1.54, 1.807) is 12.3 Å². The Morgan fingerprint density at radius 2 is 1.88 bits per heavy atom. The van der Waals surface area contributed by atoms with E-state index in [4.69, 9.17) is 35.4 Å². The second-order valence-electron chi connectivity index (χ2n) is 6.29. The summed E-state index contributed by atoms with van der Waals surface area (Å²) in [5.74, 6) is 0.550. The molecular weight excluding hydrogens is 441 g/mol. The van der Waals surface area contributed by atoms with Crippen LogP contribution in [0.3, 0.4) is 0 Å². The molecule has 2 N–H and O–H groups in total. The van der Waals surface area contributed by atoms with Crippen molar-refractivity contribution in [1.82, 2.24) is 10.3 Å². The first-order valence-corrected chi connectivity index (χ1v) is 10.1. The van der Waals surface area contributed by atoms with Crippen molar-refractivity contribution < 1.29 is 0 Å². The molecule has 0 aliphatic heterocycles. The molecule has 25 heavy (non-hydrogen) atoms. The lowest BCUT2D eigenvalue weighted by atomic mass is 9.79. The summed E-state index contributed by atoms with van der Waals surface area (Å²) >= 11 is 21.0. The third-order valence-electron chi connectivity index (χ3n) is 4.64. The fraction of sp³-hybridized carbons (Fsp3) is 0.333. The van der Waals surface area contributed by atoms with Gasteiger partial charge in [0.1, 0.15) is 0 Å². The van der Waals surface area contributed by atoms with Crippen LogP contribution in [-0.4, -0.2) is 16.6 Å². The zero-order valence-corrected chi connectivity index (χ0v) is 17.4. The standard InChI is InChI=1S/C18H18BrCl2N3S/c19-13-9-15(21)16(22-10-13)24-17(25)23-11-18(7-1-2-8-18)12-3-5-14(20)6-4-12/h3-6,9-10H,1-2,7-8,11H2,(H2,22,23,24,25). The van der Waals surface area contributed by atoms with Gasteiger partial charge < -0.3 is 10.6 Å². The lowest BCUT2D eigenvalue weighted by Crippen LogP contribution is -2.40. The van der Waals surface area contributed by atoms with Gasteiger partial charge in [0.2, 0.25) is 0 Å². The van der Waals surface area contributed by atoms with E-state index < -0.39 is 0 Å². The lowest BCUT2D eigenvalue weighted by molar-refractivity contribution is 0.435. The van der Waals surface area contributed by atoms with Gasteiger partial charge in [-0.2, -0.15) is 0 Å². The monoisotopic (exact) mass is 457 g/mol. The predicted octanol–water partition coefficient (Wildman–Crippen LogP) is 5.95. The maximum absolute atomic E-state index is 6.18. The minimum atomic E-state index is 0.0905. The number of anilines is 1. The van der Waals surface area contributed by atoms with Crippen LogP contribution in [0.4, 0.5) is 5.82 Å². The average Bonchev–Trinajstić information content (AvgIpc) is 3.06. The van der Waals surface area contributed by atoms with Crippen LogP contribution in [0, 0.1) is 0 Å². The van der Waals surface area contributed by atoms with Gasteiger partial charge in [-0.15, -0.1) is 0 Å². The van der Waals surface area contributed by atoms with Crippen LogP contribution in [0.25, 0.3) is 0 Å². The summed E-state index contributed by atoms with van der Waals surface area (Å²) < 4.78 is 0.828. The molecule has 3 nitrogen and oxygen atoms in total. The molecule has 7 heteroatoms. The zero-order chi connectivity index (χ0) is 17.9. The number of halogens is 3. The molecule has 132 valence electrons. The van der Waals surface area contributed by atoms with Crippen molar-refractivity contribution in [3.05, 3.63) is 56.6 Å². The molecule has 0 radical (unpaired) electrons.